The fraction of sp³-hybridized carbons (Fsp3) is 0.167. The summed E-state index contributed by atoms with van der Waals surface area (Å²) in [6.45, 7) is 0.813. The third-order valence-corrected chi connectivity index (χ3v) is 7.63. The molecule has 2 heterocycles. The molecule has 0 atom stereocenters. The maximum absolute atomic E-state index is 12.9. The molecule has 10 heteroatoms. The first-order valence-corrected chi connectivity index (χ1v) is 12.2. The van der Waals surface area contributed by atoms with E-state index in [1.807, 2.05) is 48.5 Å². The second kappa shape index (κ2) is 8.81. The summed E-state index contributed by atoms with van der Waals surface area (Å²) in [7, 11) is -3.81. The fourth-order valence-corrected chi connectivity index (χ4v) is 5.57. The van der Waals surface area contributed by atoms with Gasteiger partial charge in [-0.2, -0.15) is 4.31 Å². The van der Waals surface area contributed by atoms with Gasteiger partial charge in [0.15, 0.2) is 0 Å². The third kappa shape index (κ3) is 3.97. The monoisotopic (exact) mass is 476 g/mol. The number of ether oxygens (including phenoxy) is 1. The fourth-order valence-electron chi connectivity index (χ4n) is 4.03. The zero-order valence-electron chi connectivity index (χ0n) is 18.0. The Morgan fingerprint density at radius 1 is 0.882 bits per heavy atom. The molecule has 9 nitrogen and oxygen atoms in total. The summed E-state index contributed by atoms with van der Waals surface area (Å²) in [5.41, 5.74) is 1.07. The molecule has 1 aliphatic heterocycles. The SMILES string of the molecule is O=[N+]([O-])c1cc(S(=O)(=O)N2CCCC2)ccc1Oc1nnc(-c2ccccc2)c2ccccc12. The molecule has 1 fully saturated rings. The van der Waals surface area contributed by atoms with Gasteiger partial charge >= 0.3 is 5.69 Å². The molecule has 4 aromatic rings. The Kier molecular flexibility index (Phi) is 5.68. The van der Waals surface area contributed by atoms with Gasteiger partial charge in [-0.25, -0.2) is 8.42 Å². The van der Waals surface area contributed by atoms with Crippen molar-refractivity contribution in [3.05, 3.63) is 82.9 Å². The van der Waals surface area contributed by atoms with Gasteiger partial charge in [-0.15, -0.1) is 10.2 Å². The van der Waals surface area contributed by atoms with E-state index in [1.165, 1.54) is 16.4 Å². The van der Waals surface area contributed by atoms with Crippen LogP contribution in [0, 0.1) is 10.1 Å². The highest BCUT2D eigenvalue weighted by atomic mass is 32.2. The second-order valence-electron chi connectivity index (χ2n) is 7.87. The number of rotatable bonds is 6. The predicted octanol–water partition coefficient (Wildman–Crippen LogP) is 4.78. The number of fused-ring (bicyclic) bond motifs is 1. The molecule has 1 aliphatic rings. The highest BCUT2D eigenvalue weighted by Crippen LogP contribution is 2.37. The van der Waals surface area contributed by atoms with E-state index in [0.717, 1.165) is 29.9 Å². The van der Waals surface area contributed by atoms with Crippen molar-refractivity contribution in [3.63, 3.8) is 0 Å². The second-order valence-corrected chi connectivity index (χ2v) is 9.80. The largest absolute Gasteiger partial charge is 0.430 e. The number of hydrogen-bond donors (Lipinski definition) is 0. The molecule has 5 rings (SSSR count). The minimum atomic E-state index is -3.81. The maximum atomic E-state index is 12.9. The van der Waals surface area contributed by atoms with Gasteiger partial charge < -0.3 is 4.74 Å². The van der Waals surface area contributed by atoms with E-state index in [1.54, 1.807) is 6.07 Å². The lowest BCUT2D eigenvalue weighted by Gasteiger charge is -2.16. The van der Waals surface area contributed by atoms with Crippen LogP contribution in [0.2, 0.25) is 0 Å². The summed E-state index contributed by atoms with van der Waals surface area (Å²) in [6, 6.07) is 20.5. The zero-order valence-corrected chi connectivity index (χ0v) is 18.8. The van der Waals surface area contributed by atoms with Gasteiger partial charge in [-0.05, 0) is 31.0 Å². The Bertz CT molecular complexity index is 1490. The lowest BCUT2D eigenvalue weighted by atomic mass is 10.1. The van der Waals surface area contributed by atoms with Crippen molar-refractivity contribution >= 4 is 26.5 Å². The Hall–Kier alpha value is -3.89. The van der Waals surface area contributed by atoms with E-state index < -0.39 is 20.6 Å². The quantitative estimate of drug-likeness (QED) is 0.290. The maximum Gasteiger partial charge on any atom is 0.312 e. The number of nitro benzene ring substituents is 1. The lowest BCUT2D eigenvalue weighted by molar-refractivity contribution is -0.385. The van der Waals surface area contributed by atoms with Crippen molar-refractivity contribution in [1.82, 2.24) is 14.5 Å². The van der Waals surface area contributed by atoms with Crippen molar-refractivity contribution in [1.29, 1.82) is 0 Å². The smallest absolute Gasteiger partial charge is 0.312 e. The first kappa shape index (κ1) is 21.9. The normalized spacial score (nSPS) is 14.4. The molecule has 0 spiro atoms. The summed E-state index contributed by atoms with van der Waals surface area (Å²) in [4.78, 5) is 11.0. The van der Waals surface area contributed by atoms with E-state index in [4.69, 9.17) is 4.74 Å². The van der Waals surface area contributed by atoms with Crippen LogP contribution >= 0.6 is 0 Å². The molecular formula is C24H20N4O5S. The van der Waals surface area contributed by atoms with Gasteiger partial charge in [0.1, 0.15) is 5.69 Å². The Morgan fingerprint density at radius 2 is 1.56 bits per heavy atom. The molecule has 1 aromatic heterocycles. The molecule has 0 saturated carbocycles. The van der Waals surface area contributed by atoms with Crippen LogP contribution in [0.15, 0.2) is 77.7 Å². The molecule has 1 saturated heterocycles. The van der Waals surface area contributed by atoms with E-state index in [-0.39, 0.29) is 16.5 Å². The van der Waals surface area contributed by atoms with Crippen LogP contribution in [-0.4, -0.2) is 40.9 Å². The molecule has 0 aliphatic carbocycles. The van der Waals surface area contributed by atoms with E-state index in [0.29, 0.717) is 24.2 Å². The third-order valence-electron chi connectivity index (χ3n) is 5.74. The van der Waals surface area contributed by atoms with Gasteiger partial charge in [-0.3, -0.25) is 10.1 Å². The number of aromatic nitrogens is 2. The molecule has 34 heavy (non-hydrogen) atoms. The number of benzene rings is 3. The van der Waals surface area contributed by atoms with Crippen LogP contribution in [0.3, 0.4) is 0 Å². The van der Waals surface area contributed by atoms with Crippen molar-refractivity contribution in [3.8, 4) is 22.9 Å². The molecule has 3 aromatic carbocycles. The highest BCUT2D eigenvalue weighted by molar-refractivity contribution is 7.89. The van der Waals surface area contributed by atoms with Crippen LogP contribution in [0.5, 0.6) is 11.6 Å². The van der Waals surface area contributed by atoms with Gasteiger partial charge in [0.25, 0.3) is 0 Å². The first-order valence-electron chi connectivity index (χ1n) is 10.7. The topological polar surface area (TPSA) is 116 Å². The number of hydrogen-bond acceptors (Lipinski definition) is 7. The summed E-state index contributed by atoms with van der Waals surface area (Å²) < 4.78 is 32.9. The molecular weight excluding hydrogens is 456 g/mol. The minimum Gasteiger partial charge on any atom is -0.430 e. The van der Waals surface area contributed by atoms with E-state index >= 15 is 0 Å². The highest BCUT2D eigenvalue weighted by Gasteiger charge is 2.30. The van der Waals surface area contributed by atoms with E-state index in [2.05, 4.69) is 10.2 Å². The molecule has 0 bridgehead atoms. The lowest BCUT2D eigenvalue weighted by Crippen LogP contribution is -2.27. The van der Waals surface area contributed by atoms with Crippen molar-refractivity contribution in [2.75, 3.05) is 13.1 Å². The summed E-state index contributed by atoms with van der Waals surface area (Å²) in [5, 5.41) is 21.7. The summed E-state index contributed by atoms with van der Waals surface area (Å²) >= 11 is 0. The van der Waals surface area contributed by atoms with E-state index in [9.17, 15) is 18.5 Å². The standard InChI is InChI=1S/C24H20N4O5S/c29-28(30)21-16-18(34(31,32)27-14-6-7-15-27)12-13-22(21)33-24-20-11-5-4-10-19(20)23(25-26-24)17-8-2-1-3-9-17/h1-5,8-13,16H,6-7,14-15H2. The first-order chi connectivity index (χ1) is 16.4. The molecule has 0 N–H and O–H groups in total. The minimum absolute atomic E-state index is 0.0912. The Balaban J connectivity index is 1.56. The Labute approximate surface area is 195 Å². The van der Waals surface area contributed by atoms with Crippen molar-refractivity contribution in [2.45, 2.75) is 17.7 Å². The summed E-state index contributed by atoms with van der Waals surface area (Å²) in [6.07, 6.45) is 1.54. The van der Waals surface area contributed by atoms with Crippen LogP contribution in [0.1, 0.15) is 12.8 Å². The van der Waals surface area contributed by atoms with Crippen LogP contribution in [-0.2, 0) is 10.0 Å². The molecule has 172 valence electrons. The molecule has 0 unspecified atom stereocenters. The number of sulfonamides is 1. The van der Waals surface area contributed by atoms with Crippen LogP contribution in [0.25, 0.3) is 22.0 Å². The van der Waals surface area contributed by atoms with Crippen molar-refractivity contribution in [2.24, 2.45) is 0 Å². The van der Waals surface area contributed by atoms with Gasteiger partial charge in [-0.1, -0.05) is 48.5 Å². The van der Waals surface area contributed by atoms with Gasteiger partial charge in [0.2, 0.25) is 21.7 Å². The summed E-state index contributed by atoms with van der Waals surface area (Å²) in [5.74, 6) is -0.0224. The predicted molar refractivity (Wildman–Crippen MR) is 126 cm³/mol. The number of nitro groups is 1. The van der Waals surface area contributed by atoms with Crippen LogP contribution < -0.4 is 4.74 Å². The molecule has 0 radical (unpaired) electrons. The van der Waals surface area contributed by atoms with Crippen LogP contribution in [0.4, 0.5) is 5.69 Å². The molecule has 0 amide bonds. The number of nitrogens with zero attached hydrogens (tertiary/aromatic N) is 4. The Morgan fingerprint density at radius 3 is 2.26 bits per heavy atom. The van der Waals surface area contributed by atoms with Crippen molar-refractivity contribution < 1.29 is 18.1 Å². The average molecular weight is 477 g/mol. The van der Waals surface area contributed by atoms with Gasteiger partial charge in [0, 0.05) is 35.5 Å². The zero-order chi connectivity index (χ0) is 23.7. The average Bonchev–Trinajstić information content (AvgIpc) is 3.41. The van der Waals surface area contributed by atoms with Gasteiger partial charge in [0.05, 0.1) is 9.82 Å².